The van der Waals surface area contributed by atoms with E-state index in [1.807, 2.05) is 5.38 Å². The number of carbonyl (C=O) groups is 1. The molecule has 6 nitrogen and oxygen atoms in total. The SMILES string of the molecule is O=C(Nc1nccs1)C1Cc2nc[nH]c2CN1. The number of imidazole rings is 1. The molecule has 0 fully saturated rings. The molecule has 3 N–H and O–H groups in total. The zero-order chi connectivity index (χ0) is 11.7. The summed E-state index contributed by atoms with van der Waals surface area (Å²) in [6.45, 7) is 0.644. The Morgan fingerprint density at radius 3 is 3.29 bits per heavy atom. The van der Waals surface area contributed by atoms with Crippen molar-refractivity contribution in [3.05, 3.63) is 29.3 Å². The first kappa shape index (κ1) is 10.4. The fourth-order valence-corrected chi connectivity index (χ4v) is 2.36. The van der Waals surface area contributed by atoms with Gasteiger partial charge in [0.05, 0.1) is 23.8 Å². The minimum Gasteiger partial charge on any atom is -0.347 e. The number of aromatic nitrogens is 3. The summed E-state index contributed by atoms with van der Waals surface area (Å²) in [6, 6.07) is -0.241. The first-order valence-electron chi connectivity index (χ1n) is 5.28. The number of carbonyl (C=O) groups excluding carboxylic acids is 1. The highest BCUT2D eigenvalue weighted by atomic mass is 32.1. The molecule has 2 aromatic rings. The van der Waals surface area contributed by atoms with Crippen LogP contribution < -0.4 is 10.6 Å². The maximum Gasteiger partial charge on any atom is 0.243 e. The van der Waals surface area contributed by atoms with Gasteiger partial charge in [-0.05, 0) is 0 Å². The van der Waals surface area contributed by atoms with Gasteiger partial charge in [-0.25, -0.2) is 9.97 Å². The molecule has 0 saturated heterocycles. The van der Waals surface area contributed by atoms with E-state index in [4.69, 9.17) is 0 Å². The molecule has 1 aliphatic heterocycles. The second-order valence-corrected chi connectivity index (χ2v) is 4.69. The van der Waals surface area contributed by atoms with Gasteiger partial charge in [0.15, 0.2) is 5.13 Å². The van der Waals surface area contributed by atoms with Crippen molar-refractivity contribution < 1.29 is 4.79 Å². The molecule has 3 rings (SSSR count). The molecule has 2 aromatic heterocycles. The zero-order valence-electron chi connectivity index (χ0n) is 8.93. The second-order valence-electron chi connectivity index (χ2n) is 3.79. The highest BCUT2D eigenvalue weighted by molar-refractivity contribution is 7.13. The van der Waals surface area contributed by atoms with Gasteiger partial charge >= 0.3 is 0 Å². The standard InChI is InChI=1S/C10H11N5OS/c16-9(15-10-11-1-2-17-10)7-3-6-8(4-12-7)14-5-13-6/h1-2,5,7,12H,3-4H2,(H,13,14)(H,11,15,16). The molecule has 3 heterocycles. The van der Waals surface area contributed by atoms with Crippen molar-refractivity contribution in [2.75, 3.05) is 5.32 Å². The van der Waals surface area contributed by atoms with Crippen LogP contribution in [0.5, 0.6) is 0 Å². The molecule has 7 heteroatoms. The largest absolute Gasteiger partial charge is 0.347 e. The van der Waals surface area contributed by atoms with Gasteiger partial charge < -0.3 is 10.3 Å². The maximum absolute atomic E-state index is 12.0. The number of nitrogens with zero attached hydrogens (tertiary/aromatic N) is 2. The lowest BCUT2D eigenvalue weighted by atomic mass is 10.1. The number of hydrogen-bond donors (Lipinski definition) is 3. The molecule has 88 valence electrons. The van der Waals surface area contributed by atoms with Crippen molar-refractivity contribution in [2.45, 2.75) is 19.0 Å². The van der Waals surface area contributed by atoms with Gasteiger partial charge in [-0.1, -0.05) is 0 Å². The third-order valence-corrected chi connectivity index (χ3v) is 3.40. The van der Waals surface area contributed by atoms with Crippen molar-refractivity contribution in [1.82, 2.24) is 20.3 Å². The van der Waals surface area contributed by atoms with Crippen molar-refractivity contribution in [2.24, 2.45) is 0 Å². The average molecular weight is 249 g/mol. The van der Waals surface area contributed by atoms with E-state index in [1.54, 1.807) is 12.5 Å². The van der Waals surface area contributed by atoms with Crippen LogP contribution in [0.25, 0.3) is 0 Å². The van der Waals surface area contributed by atoms with Crippen LogP contribution in [0, 0.1) is 0 Å². The zero-order valence-corrected chi connectivity index (χ0v) is 9.75. The molecule has 0 saturated carbocycles. The number of H-pyrrole nitrogens is 1. The summed E-state index contributed by atoms with van der Waals surface area (Å²) in [4.78, 5) is 23.2. The highest BCUT2D eigenvalue weighted by Crippen LogP contribution is 2.15. The fraction of sp³-hybridized carbons (Fsp3) is 0.300. The summed E-state index contributed by atoms with van der Waals surface area (Å²) in [7, 11) is 0. The van der Waals surface area contributed by atoms with Crippen LogP contribution in [0.3, 0.4) is 0 Å². The monoisotopic (exact) mass is 249 g/mol. The van der Waals surface area contributed by atoms with Gasteiger partial charge in [-0.15, -0.1) is 11.3 Å². The third kappa shape index (κ3) is 2.06. The topological polar surface area (TPSA) is 82.7 Å². The van der Waals surface area contributed by atoms with E-state index in [0.29, 0.717) is 18.1 Å². The van der Waals surface area contributed by atoms with Crippen LogP contribution in [0.1, 0.15) is 11.4 Å². The maximum atomic E-state index is 12.0. The lowest BCUT2D eigenvalue weighted by Gasteiger charge is -2.21. The van der Waals surface area contributed by atoms with Crippen LogP contribution in [-0.4, -0.2) is 26.9 Å². The molecule has 0 aliphatic carbocycles. The summed E-state index contributed by atoms with van der Waals surface area (Å²) >= 11 is 1.41. The van der Waals surface area contributed by atoms with Crippen molar-refractivity contribution in [3.8, 4) is 0 Å². The van der Waals surface area contributed by atoms with Crippen molar-refractivity contribution >= 4 is 22.4 Å². The average Bonchev–Trinajstić information content (AvgIpc) is 2.97. The Morgan fingerprint density at radius 2 is 2.47 bits per heavy atom. The Kier molecular flexibility index (Phi) is 2.62. The summed E-state index contributed by atoms with van der Waals surface area (Å²) in [5.41, 5.74) is 2.02. The third-order valence-electron chi connectivity index (χ3n) is 2.71. The molecule has 0 radical (unpaired) electrons. The molecule has 0 aromatic carbocycles. The molecule has 0 bridgehead atoms. The molecular formula is C10H11N5OS. The van der Waals surface area contributed by atoms with Crippen LogP contribution in [0.2, 0.25) is 0 Å². The first-order valence-corrected chi connectivity index (χ1v) is 6.16. The van der Waals surface area contributed by atoms with Gasteiger partial charge in [-0.2, -0.15) is 0 Å². The number of anilines is 1. The predicted octanol–water partition coefficient (Wildman–Crippen LogP) is 0.519. The number of aromatic amines is 1. The molecule has 1 amide bonds. The minimum atomic E-state index is -0.241. The van der Waals surface area contributed by atoms with Gasteiger partial charge in [0.25, 0.3) is 0 Å². The molecule has 1 aliphatic rings. The van der Waals surface area contributed by atoms with Gasteiger partial charge in [0.1, 0.15) is 0 Å². The Morgan fingerprint density at radius 1 is 1.53 bits per heavy atom. The number of thiazole rings is 1. The molecule has 1 unspecified atom stereocenters. The van der Waals surface area contributed by atoms with Crippen LogP contribution >= 0.6 is 11.3 Å². The smallest absolute Gasteiger partial charge is 0.243 e. The predicted molar refractivity (Wildman–Crippen MR) is 63.7 cm³/mol. The van der Waals surface area contributed by atoms with Crippen LogP contribution in [-0.2, 0) is 17.8 Å². The molecule has 17 heavy (non-hydrogen) atoms. The van der Waals surface area contributed by atoms with E-state index in [0.717, 1.165) is 11.4 Å². The number of nitrogens with one attached hydrogen (secondary N) is 3. The van der Waals surface area contributed by atoms with Gasteiger partial charge in [0, 0.05) is 24.5 Å². The second kappa shape index (κ2) is 4.27. The molecule has 0 spiro atoms. The number of amides is 1. The van der Waals surface area contributed by atoms with Gasteiger partial charge in [0.2, 0.25) is 5.91 Å². The van der Waals surface area contributed by atoms with E-state index in [2.05, 4.69) is 25.6 Å². The highest BCUT2D eigenvalue weighted by Gasteiger charge is 2.25. The summed E-state index contributed by atoms with van der Waals surface area (Å²) in [6.07, 6.45) is 3.93. The first-order chi connectivity index (χ1) is 8.33. The number of fused-ring (bicyclic) bond motifs is 1. The van der Waals surface area contributed by atoms with Crippen molar-refractivity contribution in [3.63, 3.8) is 0 Å². The van der Waals surface area contributed by atoms with Gasteiger partial charge in [-0.3, -0.25) is 10.1 Å². The normalized spacial score (nSPS) is 18.7. The molecular weight excluding hydrogens is 238 g/mol. The minimum absolute atomic E-state index is 0.0615. The fourth-order valence-electron chi connectivity index (χ4n) is 1.83. The molecule has 1 atom stereocenters. The number of rotatable bonds is 2. The summed E-state index contributed by atoms with van der Waals surface area (Å²) in [5.74, 6) is -0.0615. The van der Waals surface area contributed by atoms with Crippen molar-refractivity contribution in [1.29, 1.82) is 0 Å². The Hall–Kier alpha value is -1.73. The lowest BCUT2D eigenvalue weighted by molar-refractivity contribution is -0.118. The lowest BCUT2D eigenvalue weighted by Crippen LogP contribution is -2.44. The van der Waals surface area contributed by atoms with E-state index >= 15 is 0 Å². The van der Waals surface area contributed by atoms with E-state index in [-0.39, 0.29) is 11.9 Å². The summed E-state index contributed by atoms with van der Waals surface area (Å²) in [5, 5.41) is 8.41. The Balaban J connectivity index is 1.68. The Bertz CT molecular complexity index is 521. The Labute approximate surface area is 101 Å². The van der Waals surface area contributed by atoms with E-state index in [9.17, 15) is 4.79 Å². The number of hydrogen-bond acceptors (Lipinski definition) is 5. The van der Waals surface area contributed by atoms with Crippen LogP contribution in [0.15, 0.2) is 17.9 Å². The van der Waals surface area contributed by atoms with E-state index in [1.165, 1.54) is 11.3 Å². The quantitative estimate of drug-likeness (QED) is 0.724. The van der Waals surface area contributed by atoms with E-state index < -0.39 is 0 Å². The van der Waals surface area contributed by atoms with Crippen LogP contribution in [0.4, 0.5) is 5.13 Å². The summed E-state index contributed by atoms with van der Waals surface area (Å²) < 4.78 is 0.